The maximum atomic E-state index is 11.4. The molecule has 0 aliphatic carbocycles. The van der Waals surface area contributed by atoms with Gasteiger partial charge in [-0.3, -0.25) is 4.79 Å². The monoisotopic (exact) mass is 262 g/mol. The summed E-state index contributed by atoms with van der Waals surface area (Å²) >= 11 is 0. The fourth-order valence-corrected chi connectivity index (χ4v) is 2.16. The van der Waals surface area contributed by atoms with Crippen LogP contribution >= 0.6 is 0 Å². The quantitative estimate of drug-likeness (QED) is 0.806. The molecule has 0 spiro atoms. The lowest BCUT2D eigenvalue weighted by Crippen LogP contribution is -2.33. The van der Waals surface area contributed by atoms with Crippen LogP contribution in [0, 0.1) is 0 Å². The topological polar surface area (TPSA) is 78.5 Å². The molecule has 0 bridgehead atoms. The predicted octanol–water partition coefficient (Wildman–Crippen LogP) is -0.0533. The zero-order valence-corrected chi connectivity index (χ0v) is 10.6. The van der Waals surface area contributed by atoms with Gasteiger partial charge >= 0.3 is 0 Å². The lowest BCUT2D eigenvalue weighted by atomic mass is 9.97. The van der Waals surface area contributed by atoms with Gasteiger partial charge in [-0.15, -0.1) is 0 Å². The van der Waals surface area contributed by atoms with Gasteiger partial charge in [0.15, 0.2) is 0 Å². The van der Waals surface area contributed by atoms with E-state index < -0.39 is 5.97 Å². The summed E-state index contributed by atoms with van der Waals surface area (Å²) in [6, 6.07) is 7.98. The minimum Gasteiger partial charge on any atom is -0.550 e. The highest BCUT2D eigenvalue weighted by atomic mass is 16.5. The van der Waals surface area contributed by atoms with Gasteiger partial charge in [0.2, 0.25) is 5.91 Å². The fourth-order valence-electron chi connectivity index (χ4n) is 2.16. The normalized spacial score (nSPS) is 17.6. The van der Waals surface area contributed by atoms with Crippen LogP contribution in [0.3, 0.4) is 0 Å². The molecule has 0 unspecified atom stereocenters. The van der Waals surface area contributed by atoms with E-state index in [0.29, 0.717) is 13.2 Å². The van der Waals surface area contributed by atoms with Crippen molar-refractivity contribution in [2.24, 2.45) is 0 Å². The molecule has 1 heterocycles. The van der Waals surface area contributed by atoms with Crippen molar-refractivity contribution in [3.8, 4) is 0 Å². The summed E-state index contributed by atoms with van der Waals surface area (Å²) in [6.45, 7) is 0.999. The first kappa shape index (κ1) is 13.5. The van der Waals surface area contributed by atoms with E-state index in [-0.39, 0.29) is 24.9 Å². The minimum absolute atomic E-state index is 0.0588. The molecular formula is C14H16NO4-. The van der Waals surface area contributed by atoms with Gasteiger partial charge in [0.25, 0.3) is 0 Å². The van der Waals surface area contributed by atoms with Crippen LogP contribution in [-0.2, 0) is 20.7 Å². The Bertz CT molecular complexity index is 472. The zero-order valence-electron chi connectivity index (χ0n) is 10.6. The molecule has 102 valence electrons. The van der Waals surface area contributed by atoms with E-state index in [1.807, 2.05) is 18.2 Å². The molecule has 1 amide bonds. The van der Waals surface area contributed by atoms with E-state index in [0.717, 1.165) is 12.0 Å². The van der Waals surface area contributed by atoms with Crippen LogP contribution in [0.4, 0.5) is 0 Å². The summed E-state index contributed by atoms with van der Waals surface area (Å²) in [5.41, 5.74) is 2.33. The molecule has 1 aromatic carbocycles. The Labute approximate surface area is 111 Å². The smallest absolute Gasteiger partial charge is 0.220 e. The molecule has 0 saturated heterocycles. The van der Waals surface area contributed by atoms with Gasteiger partial charge in [0, 0.05) is 18.9 Å². The van der Waals surface area contributed by atoms with Crippen LogP contribution in [0.25, 0.3) is 0 Å². The number of benzene rings is 1. The van der Waals surface area contributed by atoms with Crippen molar-refractivity contribution in [1.82, 2.24) is 5.32 Å². The van der Waals surface area contributed by atoms with E-state index in [1.165, 1.54) is 5.56 Å². The number of fused-ring (bicyclic) bond motifs is 1. The molecule has 0 saturated carbocycles. The lowest BCUT2D eigenvalue weighted by molar-refractivity contribution is -0.305. The van der Waals surface area contributed by atoms with Crippen LogP contribution in [0.2, 0.25) is 0 Å². The molecule has 0 aromatic heterocycles. The van der Waals surface area contributed by atoms with Crippen molar-refractivity contribution in [1.29, 1.82) is 0 Å². The second kappa shape index (κ2) is 6.33. The summed E-state index contributed by atoms with van der Waals surface area (Å²) in [6.07, 6.45) is 0.410. The highest BCUT2D eigenvalue weighted by Crippen LogP contribution is 2.26. The van der Waals surface area contributed by atoms with Crippen LogP contribution in [0.15, 0.2) is 24.3 Å². The number of amides is 1. The number of aliphatic carboxylic acids is 1. The molecule has 1 aliphatic rings. The number of carbonyl (C=O) groups excluding carboxylic acids is 2. The van der Waals surface area contributed by atoms with Crippen molar-refractivity contribution in [2.75, 3.05) is 13.2 Å². The second-order valence-corrected chi connectivity index (χ2v) is 4.48. The number of carboxylic acid groups (broad SMARTS) is 1. The van der Waals surface area contributed by atoms with E-state index in [1.54, 1.807) is 0 Å². The van der Waals surface area contributed by atoms with Crippen LogP contribution in [-0.4, -0.2) is 25.0 Å². The number of nitrogens with one attached hydrogen (secondary N) is 1. The van der Waals surface area contributed by atoms with E-state index in [9.17, 15) is 14.7 Å². The highest BCUT2D eigenvalue weighted by Gasteiger charge is 2.20. The molecule has 1 N–H and O–H groups in total. The predicted molar refractivity (Wildman–Crippen MR) is 66.1 cm³/mol. The number of ether oxygens (including phenoxy) is 1. The Hall–Kier alpha value is -1.88. The molecular weight excluding hydrogens is 246 g/mol. The first-order chi connectivity index (χ1) is 9.16. The van der Waals surface area contributed by atoms with Crippen molar-refractivity contribution in [2.45, 2.75) is 25.4 Å². The Balaban J connectivity index is 1.87. The fraction of sp³-hybridized carbons (Fsp3) is 0.429. The number of rotatable bonds is 5. The van der Waals surface area contributed by atoms with Crippen molar-refractivity contribution in [3.05, 3.63) is 35.4 Å². The summed E-state index contributed by atoms with van der Waals surface area (Å²) in [5, 5.41) is 13.0. The molecule has 0 radical (unpaired) electrons. The number of carbonyl (C=O) groups is 2. The van der Waals surface area contributed by atoms with Gasteiger partial charge < -0.3 is 20.0 Å². The molecule has 1 aliphatic heterocycles. The lowest BCUT2D eigenvalue weighted by Gasteiger charge is -2.26. The Morgan fingerprint density at radius 3 is 2.89 bits per heavy atom. The molecule has 1 aromatic rings. The molecule has 2 rings (SSSR count). The zero-order chi connectivity index (χ0) is 13.7. The van der Waals surface area contributed by atoms with Gasteiger partial charge in [0.05, 0.1) is 6.61 Å². The highest BCUT2D eigenvalue weighted by molar-refractivity contribution is 5.80. The van der Waals surface area contributed by atoms with Crippen LogP contribution < -0.4 is 10.4 Å². The third kappa shape index (κ3) is 3.79. The molecule has 0 fully saturated rings. The molecule has 5 nitrogen and oxygen atoms in total. The van der Waals surface area contributed by atoms with Gasteiger partial charge in [-0.25, -0.2) is 0 Å². The van der Waals surface area contributed by atoms with Gasteiger partial charge in [0.1, 0.15) is 6.10 Å². The Kier molecular flexibility index (Phi) is 4.52. The van der Waals surface area contributed by atoms with Crippen molar-refractivity contribution >= 4 is 11.9 Å². The third-order valence-corrected chi connectivity index (χ3v) is 3.13. The largest absolute Gasteiger partial charge is 0.550 e. The first-order valence-corrected chi connectivity index (χ1v) is 6.33. The summed E-state index contributed by atoms with van der Waals surface area (Å²) in [4.78, 5) is 21.7. The Morgan fingerprint density at radius 2 is 2.11 bits per heavy atom. The summed E-state index contributed by atoms with van der Waals surface area (Å²) in [7, 11) is 0. The van der Waals surface area contributed by atoms with Crippen LogP contribution in [0.5, 0.6) is 0 Å². The molecule has 19 heavy (non-hydrogen) atoms. The van der Waals surface area contributed by atoms with E-state index in [2.05, 4.69) is 11.4 Å². The number of hydrogen-bond acceptors (Lipinski definition) is 4. The summed E-state index contributed by atoms with van der Waals surface area (Å²) in [5.74, 6) is -1.51. The van der Waals surface area contributed by atoms with Gasteiger partial charge in [-0.05, 0) is 24.0 Å². The first-order valence-electron chi connectivity index (χ1n) is 6.33. The van der Waals surface area contributed by atoms with Crippen molar-refractivity contribution in [3.63, 3.8) is 0 Å². The number of hydrogen-bond donors (Lipinski definition) is 1. The van der Waals surface area contributed by atoms with E-state index in [4.69, 9.17) is 4.74 Å². The standard InChI is InChI=1S/C14H17NO4/c16-13(5-6-14(17)18)15-9-12-11-4-2-1-3-10(11)7-8-19-12/h1-4,12H,5-9H2,(H,15,16)(H,17,18)/p-1/t12-/m1/s1. The second-order valence-electron chi connectivity index (χ2n) is 4.48. The van der Waals surface area contributed by atoms with Gasteiger partial charge in [-0.1, -0.05) is 24.3 Å². The van der Waals surface area contributed by atoms with Crippen LogP contribution in [0.1, 0.15) is 30.1 Å². The minimum atomic E-state index is -1.21. The average Bonchev–Trinajstić information content (AvgIpc) is 2.42. The maximum Gasteiger partial charge on any atom is 0.220 e. The SMILES string of the molecule is O=C([O-])CCC(=O)NC[C@H]1OCCc2ccccc21. The third-order valence-electron chi connectivity index (χ3n) is 3.13. The number of carboxylic acids is 1. The van der Waals surface area contributed by atoms with E-state index >= 15 is 0 Å². The van der Waals surface area contributed by atoms with Crippen molar-refractivity contribution < 1.29 is 19.4 Å². The van der Waals surface area contributed by atoms with Gasteiger partial charge in [-0.2, -0.15) is 0 Å². The molecule has 1 atom stereocenters. The Morgan fingerprint density at radius 1 is 1.32 bits per heavy atom. The maximum absolute atomic E-state index is 11.4. The average molecular weight is 262 g/mol. The molecule has 5 heteroatoms. The summed E-state index contributed by atoms with van der Waals surface area (Å²) < 4.78 is 5.64.